The van der Waals surface area contributed by atoms with Crippen LogP contribution in [0.2, 0.25) is 0 Å². The predicted molar refractivity (Wildman–Crippen MR) is 90.1 cm³/mol. The maximum Gasteiger partial charge on any atom is 0.225 e. The Bertz CT molecular complexity index is 699. The van der Waals surface area contributed by atoms with Crippen molar-refractivity contribution < 1.29 is 14.1 Å². The zero-order chi connectivity index (χ0) is 16.8. The van der Waals surface area contributed by atoms with Crippen molar-refractivity contribution in [1.29, 1.82) is 0 Å². The van der Waals surface area contributed by atoms with E-state index in [0.717, 1.165) is 10.0 Å². The van der Waals surface area contributed by atoms with Gasteiger partial charge in [-0.05, 0) is 24.6 Å². The minimum absolute atomic E-state index is 0.0945. The number of rotatable bonds is 6. The Labute approximate surface area is 143 Å². The van der Waals surface area contributed by atoms with E-state index in [1.807, 2.05) is 24.3 Å². The summed E-state index contributed by atoms with van der Waals surface area (Å²) in [5.74, 6) is 0.837. The second-order valence-corrected chi connectivity index (χ2v) is 6.04. The van der Waals surface area contributed by atoms with Crippen LogP contribution >= 0.6 is 15.9 Å². The Morgan fingerprint density at radius 1 is 1.35 bits per heavy atom. The van der Waals surface area contributed by atoms with E-state index in [0.29, 0.717) is 31.1 Å². The Kier molecular flexibility index (Phi) is 5.92. The first kappa shape index (κ1) is 17.2. The van der Waals surface area contributed by atoms with Gasteiger partial charge < -0.3 is 9.84 Å². The van der Waals surface area contributed by atoms with E-state index in [1.54, 1.807) is 13.0 Å². The van der Waals surface area contributed by atoms with Gasteiger partial charge in [0.1, 0.15) is 5.76 Å². The second-order valence-electron chi connectivity index (χ2n) is 5.12. The van der Waals surface area contributed by atoms with Crippen molar-refractivity contribution in [3.8, 4) is 0 Å². The molecule has 6 nitrogen and oxygen atoms in total. The zero-order valence-corrected chi connectivity index (χ0v) is 14.6. The third-order valence-corrected chi connectivity index (χ3v) is 3.68. The summed E-state index contributed by atoms with van der Waals surface area (Å²) in [6.07, 6.45) is 0.294. The van der Waals surface area contributed by atoms with Crippen molar-refractivity contribution in [2.45, 2.75) is 20.3 Å². The molecule has 1 aromatic carbocycles. The smallest absolute Gasteiger partial charge is 0.225 e. The molecule has 0 aliphatic carbocycles. The SMILES string of the molecule is CC(=O)N(CCNC(=O)Cc1cccc(Br)c1)c1cc(C)on1. The lowest BCUT2D eigenvalue weighted by Crippen LogP contribution is -2.38. The van der Waals surface area contributed by atoms with Gasteiger partial charge in [0.2, 0.25) is 11.8 Å². The molecule has 1 heterocycles. The molecule has 0 unspecified atom stereocenters. The van der Waals surface area contributed by atoms with E-state index in [9.17, 15) is 9.59 Å². The van der Waals surface area contributed by atoms with Gasteiger partial charge in [0.25, 0.3) is 0 Å². The topological polar surface area (TPSA) is 75.4 Å². The predicted octanol–water partition coefficient (Wildman–Crippen LogP) is 2.46. The molecule has 7 heteroatoms. The number of carbonyl (C=O) groups excluding carboxylic acids is 2. The Morgan fingerprint density at radius 2 is 2.13 bits per heavy atom. The number of aromatic nitrogens is 1. The number of halogens is 1. The van der Waals surface area contributed by atoms with Crippen LogP contribution in [0.1, 0.15) is 18.2 Å². The van der Waals surface area contributed by atoms with Crippen molar-refractivity contribution in [1.82, 2.24) is 10.5 Å². The van der Waals surface area contributed by atoms with E-state index in [-0.39, 0.29) is 11.8 Å². The molecule has 1 aromatic heterocycles. The summed E-state index contributed by atoms with van der Waals surface area (Å²) in [5.41, 5.74) is 0.924. The van der Waals surface area contributed by atoms with E-state index in [1.165, 1.54) is 11.8 Å². The van der Waals surface area contributed by atoms with Gasteiger partial charge in [-0.1, -0.05) is 33.2 Å². The molecule has 0 radical (unpaired) electrons. The van der Waals surface area contributed by atoms with Crippen LogP contribution in [0.25, 0.3) is 0 Å². The molecule has 0 saturated heterocycles. The molecule has 0 aliphatic heterocycles. The summed E-state index contributed by atoms with van der Waals surface area (Å²) >= 11 is 3.38. The fourth-order valence-electron chi connectivity index (χ4n) is 2.12. The average Bonchev–Trinajstić information content (AvgIpc) is 2.89. The van der Waals surface area contributed by atoms with Crippen molar-refractivity contribution >= 4 is 33.6 Å². The van der Waals surface area contributed by atoms with Crippen LogP contribution in [0.4, 0.5) is 5.82 Å². The molecule has 2 amide bonds. The van der Waals surface area contributed by atoms with Crippen molar-refractivity contribution in [3.63, 3.8) is 0 Å². The van der Waals surface area contributed by atoms with Gasteiger partial charge in [-0.3, -0.25) is 14.5 Å². The molecule has 0 spiro atoms. The molecule has 0 bridgehead atoms. The molecule has 0 fully saturated rings. The third kappa shape index (κ3) is 5.21. The van der Waals surface area contributed by atoms with Crippen molar-refractivity contribution in [2.24, 2.45) is 0 Å². The first-order valence-electron chi connectivity index (χ1n) is 7.18. The van der Waals surface area contributed by atoms with Crippen LogP contribution in [-0.2, 0) is 16.0 Å². The van der Waals surface area contributed by atoms with Gasteiger partial charge in [0.05, 0.1) is 6.42 Å². The Morgan fingerprint density at radius 3 is 2.74 bits per heavy atom. The van der Waals surface area contributed by atoms with Gasteiger partial charge in [-0.15, -0.1) is 0 Å². The van der Waals surface area contributed by atoms with E-state index in [4.69, 9.17) is 4.52 Å². The fourth-order valence-corrected chi connectivity index (χ4v) is 2.56. The van der Waals surface area contributed by atoms with Crippen molar-refractivity contribution in [3.05, 3.63) is 46.1 Å². The Balaban J connectivity index is 1.85. The highest BCUT2D eigenvalue weighted by Gasteiger charge is 2.15. The lowest BCUT2D eigenvalue weighted by atomic mass is 10.1. The second kappa shape index (κ2) is 7.92. The van der Waals surface area contributed by atoms with Gasteiger partial charge in [-0.25, -0.2) is 0 Å². The molecule has 23 heavy (non-hydrogen) atoms. The summed E-state index contributed by atoms with van der Waals surface area (Å²) in [4.78, 5) is 25.1. The Hall–Kier alpha value is -2.15. The average molecular weight is 380 g/mol. The van der Waals surface area contributed by atoms with Gasteiger partial charge in [0.15, 0.2) is 5.82 Å². The number of benzene rings is 1. The first-order valence-corrected chi connectivity index (χ1v) is 7.97. The molecule has 122 valence electrons. The number of anilines is 1. The van der Waals surface area contributed by atoms with Crippen molar-refractivity contribution in [2.75, 3.05) is 18.0 Å². The number of aryl methyl sites for hydroxylation is 1. The summed E-state index contributed by atoms with van der Waals surface area (Å²) < 4.78 is 5.91. The summed E-state index contributed by atoms with van der Waals surface area (Å²) in [6, 6.07) is 9.28. The molecule has 0 aliphatic rings. The summed E-state index contributed by atoms with van der Waals surface area (Å²) in [5, 5.41) is 6.63. The maximum absolute atomic E-state index is 12.0. The van der Waals surface area contributed by atoms with Crippen LogP contribution in [0.5, 0.6) is 0 Å². The van der Waals surface area contributed by atoms with Crippen LogP contribution < -0.4 is 10.2 Å². The molecule has 0 saturated carbocycles. The van der Waals surface area contributed by atoms with Gasteiger partial charge in [0, 0.05) is 30.6 Å². The highest BCUT2D eigenvalue weighted by atomic mass is 79.9. The lowest BCUT2D eigenvalue weighted by molar-refractivity contribution is -0.121. The highest BCUT2D eigenvalue weighted by molar-refractivity contribution is 9.10. The number of hydrogen-bond acceptors (Lipinski definition) is 4. The minimum atomic E-state index is -0.153. The van der Waals surface area contributed by atoms with Crippen LogP contribution in [-0.4, -0.2) is 30.1 Å². The van der Waals surface area contributed by atoms with Gasteiger partial charge >= 0.3 is 0 Å². The normalized spacial score (nSPS) is 10.4. The molecule has 0 atom stereocenters. The highest BCUT2D eigenvalue weighted by Crippen LogP contribution is 2.14. The minimum Gasteiger partial charge on any atom is -0.360 e. The summed E-state index contributed by atoms with van der Waals surface area (Å²) in [6.45, 7) is 3.89. The first-order chi connectivity index (χ1) is 11.0. The standard InChI is InChI=1S/C16H18BrN3O3/c1-11-8-15(19-23-11)20(12(2)21)7-6-18-16(22)10-13-4-3-5-14(17)9-13/h3-5,8-9H,6-7,10H2,1-2H3,(H,18,22). The number of hydrogen-bond donors (Lipinski definition) is 1. The quantitative estimate of drug-likeness (QED) is 0.836. The van der Waals surface area contributed by atoms with E-state index in [2.05, 4.69) is 26.4 Å². The van der Waals surface area contributed by atoms with Gasteiger partial charge in [-0.2, -0.15) is 0 Å². The number of nitrogens with zero attached hydrogens (tertiary/aromatic N) is 2. The van der Waals surface area contributed by atoms with Crippen LogP contribution in [0.3, 0.4) is 0 Å². The zero-order valence-electron chi connectivity index (χ0n) is 13.0. The van der Waals surface area contributed by atoms with E-state index >= 15 is 0 Å². The largest absolute Gasteiger partial charge is 0.360 e. The third-order valence-electron chi connectivity index (χ3n) is 3.18. The summed E-state index contributed by atoms with van der Waals surface area (Å²) in [7, 11) is 0. The molecule has 1 N–H and O–H groups in total. The maximum atomic E-state index is 12.0. The number of carbonyl (C=O) groups is 2. The number of amides is 2. The lowest BCUT2D eigenvalue weighted by Gasteiger charge is -2.17. The number of nitrogens with one attached hydrogen (secondary N) is 1. The monoisotopic (exact) mass is 379 g/mol. The van der Waals surface area contributed by atoms with E-state index < -0.39 is 0 Å². The molecule has 2 rings (SSSR count). The van der Waals surface area contributed by atoms with Crippen LogP contribution in [0.15, 0.2) is 39.3 Å². The fraction of sp³-hybridized carbons (Fsp3) is 0.312. The van der Waals surface area contributed by atoms with Crippen LogP contribution in [0, 0.1) is 6.92 Å². The molecular formula is C16H18BrN3O3. The molecule has 2 aromatic rings. The molecular weight excluding hydrogens is 362 g/mol.